The quantitative estimate of drug-likeness (QED) is 0.607. The molecule has 1 fully saturated rings. The van der Waals surface area contributed by atoms with Crippen molar-refractivity contribution in [2.24, 2.45) is 5.41 Å². The summed E-state index contributed by atoms with van der Waals surface area (Å²) in [5.74, 6) is -3.58. The number of ketones is 1. The highest BCUT2D eigenvalue weighted by atomic mass is 16.6. The Morgan fingerprint density at radius 2 is 1.75 bits per heavy atom. The second-order valence-electron chi connectivity index (χ2n) is 9.24. The summed E-state index contributed by atoms with van der Waals surface area (Å²) in [6.07, 6.45) is -1.45. The summed E-state index contributed by atoms with van der Waals surface area (Å²) in [5, 5.41) is 11.7. The lowest BCUT2D eigenvalue weighted by molar-refractivity contribution is -0.145. The van der Waals surface area contributed by atoms with Crippen LogP contribution in [-0.2, 0) is 19.1 Å². The van der Waals surface area contributed by atoms with E-state index in [2.05, 4.69) is 5.32 Å². The first-order chi connectivity index (χ1) is 14.6. The molecule has 10 heteroatoms. The van der Waals surface area contributed by atoms with Crippen molar-refractivity contribution >= 4 is 35.3 Å². The van der Waals surface area contributed by atoms with Gasteiger partial charge in [0, 0.05) is 5.41 Å². The number of nitrogens with one attached hydrogen (secondary N) is 1. The Balaban J connectivity index is 2.50. The first-order valence-corrected chi connectivity index (χ1v) is 10.0. The Bertz CT molecular complexity index is 975. The van der Waals surface area contributed by atoms with Crippen LogP contribution < -0.4 is 10.1 Å². The maximum atomic E-state index is 13.2. The van der Waals surface area contributed by atoms with E-state index < -0.39 is 46.7 Å². The molecule has 1 heterocycles. The van der Waals surface area contributed by atoms with E-state index in [1.54, 1.807) is 34.6 Å². The van der Waals surface area contributed by atoms with Crippen LogP contribution in [0.5, 0.6) is 5.75 Å². The first-order valence-electron chi connectivity index (χ1n) is 10.0. The van der Waals surface area contributed by atoms with Gasteiger partial charge >= 0.3 is 12.1 Å². The van der Waals surface area contributed by atoms with Gasteiger partial charge in [0.25, 0.3) is 11.8 Å². The lowest BCUT2D eigenvalue weighted by atomic mass is 9.85. The fraction of sp³-hybridized carbons (Fsp3) is 0.500. The molecule has 174 valence electrons. The molecule has 1 aliphatic heterocycles. The van der Waals surface area contributed by atoms with Gasteiger partial charge < -0.3 is 19.9 Å². The minimum absolute atomic E-state index is 0.0610. The van der Waals surface area contributed by atoms with Gasteiger partial charge in [-0.2, -0.15) is 0 Å². The van der Waals surface area contributed by atoms with E-state index >= 15 is 0 Å². The summed E-state index contributed by atoms with van der Waals surface area (Å²) in [6, 6.07) is 2.01. The maximum Gasteiger partial charge on any atom is 0.418 e. The molecule has 1 aliphatic rings. The number of benzene rings is 1. The highest BCUT2D eigenvalue weighted by Gasteiger charge is 2.55. The number of anilines is 1. The summed E-state index contributed by atoms with van der Waals surface area (Å²) in [5.41, 5.74) is -2.58. The number of carboxylic acids is 1. The van der Waals surface area contributed by atoms with E-state index in [4.69, 9.17) is 9.47 Å². The van der Waals surface area contributed by atoms with Gasteiger partial charge in [-0.1, -0.05) is 20.8 Å². The van der Waals surface area contributed by atoms with Crippen LogP contribution in [0.2, 0.25) is 0 Å². The largest absolute Gasteiger partial charge is 0.489 e. The zero-order valence-corrected chi connectivity index (χ0v) is 19.1. The molecular weight excluding hydrogens is 420 g/mol. The van der Waals surface area contributed by atoms with Crippen molar-refractivity contribution in [3.8, 4) is 5.75 Å². The summed E-state index contributed by atoms with van der Waals surface area (Å²) in [6.45, 7) is 10.8. The number of amides is 3. The van der Waals surface area contributed by atoms with E-state index in [1.807, 2.05) is 0 Å². The molecule has 2 rings (SSSR count). The lowest BCUT2D eigenvalue weighted by Gasteiger charge is -2.28. The molecule has 0 bridgehead atoms. The third-order valence-electron chi connectivity index (χ3n) is 4.62. The predicted molar refractivity (Wildman–Crippen MR) is 113 cm³/mol. The van der Waals surface area contributed by atoms with Crippen molar-refractivity contribution in [3.05, 3.63) is 23.8 Å². The zero-order chi connectivity index (χ0) is 24.6. The standard InChI is InChI=1S/C22H28N2O8/c1-11(2)31-14-10-12(18(27)28)8-9-13(14)23-17(26)15(16(25)21(3,4)5)24-19(29)22(6,7)32-20(24)30/h8-11,15H,1-7H3,(H,23,26)(H,27,28). The van der Waals surface area contributed by atoms with Gasteiger partial charge in [0.15, 0.2) is 17.4 Å². The predicted octanol–water partition coefficient (Wildman–Crippen LogP) is 2.85. The minimum atomic E-state index is -1.79. The van der Waals surface area contributed by atoms with E-state index in [-0.39, 0.29) is 23.1 Å². The second-order valence-corrected chi connectivity index (χ2v) is 9.24. The number of hydrogen-bond donors (Lipinski definition) is 2. The molecule has 3 amide bonds. The van der Waals surface area contributed by atoms with Gasteiger partial charge in [-0.15, -0.1) is 0 Å². The molecule has 32 heavy (non-hydrogen) atoms. The van der Waals surface area contributed by atoms with Crippen LogP contribution >= 0.6 is 0 Å². The molecular formula is C22H28N2O8. The Hall–Kier alpha value is -3.43. The molecule has 2 N–H and O–H groups in total. The first kappa shape index (κ1) is 24.8. The fourth-order valence-corrected chi connectivity index (χ4v) is 2.98. The molecule has 0 saturated carbocycles. The molecule has 10 nitrogen and oxygen atoms in total. The van der Waals surface area contributed by atoms with Crippen molar-refractivity contribution in [2.45, 2.75) is 66.2 Å². The van der Waals surface area contributed by atoms with E-state index in [0.717, 1.165) is 0 Å². The van der Waals surface area contributed by atoms with Crippen LogP contribution in [0.25, 0.3) is 0 Å². The third kappa shape index (κ3) is 5.06. The van der Waals surface area contributed by atoms with Crippen molar-refractivity contribution in [1.82, 2.24) is 4.90 Å². The van der Waals surface area contributed by atoms with E-state index in [1.165, 1.54) is 32.0 Å². The van der Waals surface area contributed by atoms with Gasteiger partial charge in [-0.25, -0.2) is 14.5 Å². The molecule has 0 radical (unpaired) electrons. The molecule has 1 saturated heterocycles. The smallest absolute Gasteiger partial charge is 0.418 e. The van der Waals surface area contributed by atoms with Crippen LogP contribution in [0.3, 0.4) is 0 Å². The number of carbonyl (C=O) groups excluding carboxylic acids is 4. The number of nitrogens with zero attached hydrogens (tertiary/aromatic N) is 1. The zero-order valence-electron chi connectivity index (χ0n) is 19.1. The number of ether oxygens (including phenoxy) is 2. The number of carboxylic acid groups (broad SMARTS) is 1. The average molecular weight is 448 g/mol. The summed E-state index contributed by atoms with van der Waals surface area (Å²) >= 11 is 0. The molecule has 0 aromatic heterocycles. The SMILES string of the molecule is CC(C)Oc1cc(C(=O)O)ccc1NC(=O)C(C(=O)C(C)(C)C)N1C(=O)OC(C)(C)C1=O. The topological polar surface area (TPSA) is 139 Å². The number of cyclic esters (lactones) is 1. The van der Waals surface area contributed by atoms with E-state index in [9.17, 15) is 29.1 Å². The maximum absolute atomic E-state index is 13.2. The number of hydrogen-bond acceptors (Lipinski definition) is 7. The highest BCUT2D eigenvalue weighted by Crippen LogP contribution is 2.32. The lowest BCUT2D eigenvalue weighted by Crippen LogP contribution is -2.55. The van der Waals surface area contributed by atoms with Gasteiger partial charge in [-0.3, -0.25) is 14.4 Å². The van der Waals surface area contributed by atoms with Crippen LogP contribution in [-0.4, -0.2) is 57.4 Å². The molecule has 0 spiro atoms. The molecule has 1 unspecified atom stereocenters. The third-order valence-corrected chi connectivity index (χ3v) is 4.62. The van der Waals surface area contributed by atoms with Crippen molar-refractivity contribution in [1.29, 1.82) is 0 Å². The second kappa shape index (κ2) is 8.60. The molecule has 0 aliphatic carbocycles. The van der Waals surface area contributed by atoms with Crippen molar-refractivity contribution in [3.63, 3.8) is 0 Å². The Morgan fingerprint density at radius 1 is 1.16 bits per heavy atom. The van der Waals surface area contributed by atoms with Crippen LogP contribution in [0.1, 0.15) is 58.8 Å². The number of aromatic carboxylic acids is 1. The van der Waals surface area contributed by atoms with E-state index in [0.29, 0.717) is 4.90 Å². The molecule has 1 aromatic carbocycles. The monoisotopic (exact) mass is 448 g/mol. The Kier molecular flexibility index (Phi) is 6.68. The van der Waals surface area contributed by atoms with Gasteiger partial charge in [-0.05, 0) is 45.9 Å². The minimum Gasteiger partial charge on any atom is -0.489 e. The van der Waals surface area contributed by atoms with Gasteiger partial charge in [0.2, 0.25) is 0 Å². The summed E-state index contributed by atoms with van der Waals surface area (Å²) < 4.78 is 10.7. The van der Waals surface area contributed by atoms with Crippen molar-refractivity contribution in [2.75, 3.05) is 5.32 Å². The van der Waals surface area contributed by atoms with Crippen LogP contribution in [0, 0.1) is 5.41 Å². The van der Waals surface area contributed by atoms with Crippen molar-refractivity contribution < 1.29 is 38.6 Å². The Morgan fingerprint density at radius 3 is 2.19 bits per heavy atom. The average Bonchev–Trinajstić information content (AvgIpc) is 2.83. The Labute approximate surface area is 185 Å². The molecule has 1 atom stereocenters. The summed E-state index contributed by atoms with van der Waals surface area (Å²) in [4.78, 5) is 63.4. The number of carbonyl (C=O) groups is 5. The van der Waals surface area contributed by atoms with Gasteiger partial charge in [0.05, 0.1) is 17.4 Å². The normalized spacial score (nSPS) is 16.6. The van der Waals surface area contributed by atoms with Gasteiger partial charge in [0.1, 0.15) is 5.75 Å². The van der Waals surface area contributed by atoms with Crippen LogP contribution in [0.15, 0.2) is 18.2 Å². The highest BCUT2D eigenvalue weighted by molar-refractivity contribution is 6.19. The number of rotatable bonds is 7. The fourth-order valence-electron chi connectivity index (χ4n) is 2.98. The molecule has 1 aromatic rings. The number of Topliss-reactive ketones (excluding diaryl/α,β-unsaturated/α-hetero) is 1. The van der Waals surface area contributed by atoms with Crippen LogP contribution in [0.4, 0.5) is 10.5 Å². The summed E-state index contributed by atoms with van der Waals surface area (Å²) in [7, 11) is 0. The number of imide groups is 1.